The van der Waals surface area contributed by atoms with E-state index in [0.29, 0.717) is 23.1 Å². The van der Waals surface area contributed by atoms with E-state index in [2.05, 4.69) is 25.7 Å². The predicted octanol–water partition coefficient (Wildman–Crippen LogP) is 5.51. The minimum Gasteiger partial charge on any atom is -0.481 e. The second-order valence-electron chi connectivity index (χ2n) is 9.89. The highest BCUT2D eigenvalue weighted by Crippen LogP contribution is 2.45. The van der Waals surface area contributed by atoms with Crippen LogP contribution in [0.2, 0.25) is 0 Å². The van der Waals surface area contributed by atoms with Gasteiger partial charge < -0.3 is 10.0 Å². The number of rotatable bonds is 4. The summed E-state index contributed by atoms with van der Waals surface area (Å²) in [6.07, 6.45) is 2.93. The molecule has 0 bridgehead atoms. The van der Waals surface area contributed by atoms with Gasteiger partial charge in [-0.05, 0) is 73.1 Å². The number of aliphatic carboxylic acids is 1. The molecule has 1 aliphatic carbocycles. The van der Waals surface area contributed by atoms with Crippen molar-refractivity contribution in [1.82, 2.24) is 0 Å². The van der Waals surface area contributed by atoms with Crippen LogP contribution in [-0.4, -0.2) is 29.4 Å². The lowest BCUT2D eigenvalue weighted by Gasteiger charge is -2.45. The van der Waals surface area contributed by atoms with Gasteiger partial charge in [0.15, 0.2) is 5.78 Å². The van der Waals surface area contributed by atoms with Crippen molar-refractivity contribution in [3.8, 4) is 12.1 Å². The molecule has 2 aliphatic rings. The van der Waals surface area contributed by atoms with Gasteiger partial charge in [-0.3, -0.25) is 9.59 Å². The standard InChI is InChI=1S/C29H27N3O3/c1-17-14-29(2,3)32(4)25-13-18(9-10-26(33)34)19(11-23(17)25)12-24-27(20(15-30)16-31)21-7-5-6-8-22(21)28(24)35/h5-8,11-13,17H,9-10,14H2,1-4H3,(H,33,34)/b24-12-. The van der Waals surface area contributed by atoms with Gasteiger partial charge in [-0.2, -0.15) is 10.5 Å². The summed E-state index contributed by atoms with van der Waals surface area (Å²) in [6, 6.07) is 14.9. The summed E-state index contributed by atoms with van der Waals surface area (Å²) in [5, 5.41) is 28.6. The summed E-state index contributed by atoms with van der Waals surface area (Å²) in [7, 11) is 2.05. The van der Waals surface area contributed by atoms with E-state index in [1.165, 1.54) is 0 Å². The molecular formula is C29H27N3O3. The van der Waals surface area contributed by atoms with E-state index in [1.54, 1.807) is 30.3 Å². The molecule has 176 valence electrons. The lowest BCUT2D eigenvalue weighted by atomic mass is 9.79. The van der Waals surface area contributed by atoms with Crippen molar-refractivity contribution in [2.45, 2.75) is 51.5 Å². The molecule has 1 N–H and O–H groups in total. The third kappa shape index (κ3) is 4.13. The lowest BCUT2D eigenvalue weighted by Crippen LogP contribution is -2.45. The molecule has 0 amide bonds. The maximum atomic E-state index is 13.4. The fourth-order valence-corrected chi connectivity index (χ4v) is 5.27. The zero-order chi connectivity index (χ0) is 25.5. The van der Waals surface area contributed by atoms with Gasteiger partial charge in [0, 0.05) is 41.4 Å². The van der Waals surface area contributed by atoms with E-state index in [9.17, 15) is 25.2 Å². The molecule has 1 aliphatic heterocycles. The Bertz CT molecular complexity index is 1380. The number of carbonyl (C=O) groups is 2. The smallest absolute Gasteiger partial charge is 0.303 e. The first-order valence-corrected chi connectivity index (χ1v) is 11.6. The molecule has 0 saturated carbocycles. The van der Waals surface area contributed by atoms with E-state index in [1.807, 2.05) is 31.3 Å². The van der Waals surface area contributed by atoms with Crippen LogP contribution in [0.4, 0.5) is 5.69 Å². The van der Waals surface area contributed by atoms with Crippen molar-refractivity contribution in [3.63, 3.8) is 0 Å². The Balaban J connectivity index is 1.96. The third-order valence-corrected chi connectivity index (χ3v) is 7.23. The van der Waals surface area contributed by atoms with Crippen molar-refractivity contribution in [3.05, 3.63) is 75.4 Å². The molecule has 1 unspecified atom stereocenters. The van der Waals surface area contributed by atoms with Gasteiger partial charge in [0.1, 0.15) is 17.7 Å². The van der Waals surface area contributed by atoms with Crippen LogP contribution in [0, 0.1) is 22.7 Å². The average Bonchev–Trinajstić information content (AvgIpc) is 3.09. The van der Waals surface area contributed by atoms with Crippen molar-refractivity contribution in [2.75, 3.05) is 11.9 Å². The van der Waals surface area contributed by atoms with Gasteiger partial charge >= 0.3 is 5.97 Å². The van der Waals surface area contributed by atoms with E-state index in [-0.39, 0.29) is 34.8 Å². The fourth-order valence-electron chi connectivity index (χ4n) is 5.27. The van der Waals surface area contributed by atoms with Crippen LogP contribution in [0.25, 0.3) is 11.6 Å². The molecule has 6 nitrogen and oxygen atoms in total. The first-order valence-electron chi connectivity index (χ1n) is 11.6. The second-order valence-corrected chi connectivity index (χ2v) is 9.89. The number of carboxylic acids is 1. The molecule has 2 aromatic carbocycles. The Morgan fingerprint density at radius 1 is 1.20 bits per heavy atom. The lowest BCUT2D eigenvalue weighted by molar-refractivity contribution is -0.136. The molecule has 35 heavy (non-hydrogen) atoms. The maximum Gasteiger partial charge on any atom is 0.303 e. The quantitative estimate of drug-likeness (QED) is 0.472. The van der Waals surface area contributed by atoms with Gasteiger partial charge in [-0.1, -0.05) is 31.2 Å². The van der Waals surface area contributed by atoms with Gasteiger partial charge in [0.2, 0.25) is 0 Å². The van der Waals surface area contributed by atoms with Crippen molar-refractivity contribution >= 4 is 29.1 Å². The Morgan fingerprint density at radius 3 is 2.49 bits per heavy atom. The Hall–Kier alpha value is -4.16. The summed E-state index contributed by atoms with van der Waals surface area (Å²) < 4.78 is 0. The molecule has 6 heteroatoms. The number of anilines is 1. The van der Waals surface area contributed by atoms with Crippen LogP contribution < -0.4 is 4.90 Å². The minimum absolute atomic E-state index is 0.0455. The fraction of sp³-hybridized carbons (Fsp3) is 0.310. The number of carboxylic acid groups (broad SMARTS) is 1. The van der Waals surface area contributed by atoms with Gasteiger partial charge in [-0.15, -0.1) is 0 Å². The van der Waals surface area contributed by atoms with Crippen LogP contribution in [-0.2, 0) is 11.2 Å². The van der Waals surface area contributed by atoms with Gasteiger partial charge in [-0.25, -0.2) is 0 Å². The number of allylic oxidation sites excluding steroid dienone is 3. The van der Waals surface area contributed by atoms with E-state index in [0.717, 1.165) is 28.8 Å². The number of fused-ring (bicyclic) bond motifs is 2. The molecule has 2 aromatic rings. The van der Waals surface area contributed by atoms with Crippen molar-refractivity contribution in [1.29, 1.82) is 10.5 Å². The zero-order valence-corrected chi connectivity index (χ0v) is 20.3. The molecule has 0 radical (unpaired) electrons. The molecule has 0 spiro atoms. The number of aryl methyl sites for hydroxylation is 1. The SMILES string of the molecule is CC1CC(C)(C)N(C)c2cc(CCC(=O)O)c(/C=C3\C(=O)c4ccccc4C3=C(C#N)C#N)cc21. The number of nitriles is 2. The van der Waals surface area contributed by atoms with Crippen LogP contribution in [0.15, 0.2) is 47.5 Å². The van der Waals surface area contributed by atoms with Crippen LogP contribution in [0.1, 0.15) is 72.1 Å². The highest BCUT2D eigenvalue weighted by atomic mass is 16.4. The highest BCUT2D eigenvalue weighted by molar-refractivity contribution is 6.29. The first-order chi connectivity index (χ1) is 16.6. The van der Waals surface area contributed by atoms with E-state index < -0.39 is 5.97 Å². The molecular weight excluding hydrogens is 438 g/mol. The minimum atomic E-state index is -0.899. The molecule has 1 heterocycles. The summed E-state index contributed by atoms with van der Waals surface area (Å²) in [5.74, 6) is -0.876. The summed E-state index contributed by atoms with van der Waals surface area (Å²) in [4.78, 5) is 27.0. The monoisotopic (exact) mass is 465 g/mol. The Kier molecular flexibility index (Phi) is 6.09. The zero-order valence-electron chi connectivity index (χ0n) is 20.3. The third-order valence-electron chi connectivity index (χ3n) is 7.23. The largest absolute Gasteiger partial charge is 0.481 e. The first kappa shape index (κ1) is 24.0. The number of Topliss-reactive ketones (excluding diaryl/α,β-unsaturated/α-hetero) is 1. The topological polar surface area (TPSA) is 105 Å². The number of benzene rings is 2. The number of hydrogen-bond acceptors (Lipinski definition) is 5. The summed E-state index contributed by atoms with van der Waals surface area (Å²) >= 11 is 0. The predicted molar refractivity (Wildman–Crippen MR) is 135 cm³/mol. The molecule has 0 fully saturated rings. The second kappa shape index (κ2) is 8.89. The number of ketones is 1. The Labute approximate surface area is 205 Å². The Morgan fingerprint density at radius 2 is 1.86 bits per heavy atom. The van der Waals surface area contributed by atoms with Gasteiger partial charge in [0.25, 0.3) is 0 Å². The van der Waals surface area contributed by atoms with E-state index >= 15 is 0 Å². The molecule has 1 atom stereocenters. The maximum absolute atomic E-state index is 13.4. The number of carbonyl (C=O) groups excluding carboxylic acids is 1. The van der Waals surface area contributed by atoms with Crippen LogP contribution >= 0.6 is 0 Å². The normalized spacial score (nSPS) is 19.1. The van der Waals surface area contributed by atoms with Crippen molar-refractivity contribution in [2.24, 2.45) is 0 Å². The molecule has 0 aromatic heterocycles. The summed E-state index contributed by atoms with van der Waals surface area (Å²) in [6.45, 7) is 6.55. The summed E-state index contributed by atoms with van der Waals surface area (Å²) in [5.41, 5.74) is 5.23. The van der Waals surface area contributed by atoms with Crippen LogP contribution in [0.3, 0.4) is 0 Å². The molecule has 4 rings (SSSR count). The number of hydrogen-bond donors (Lipinski definition) is 1. The number of nitrogens with zero attached hydrogens (tertiary/aromatic N) is 3. The van der Waals surface area contributed by atoms with Gasteiger partial charge in [0.05, 0.1) is 0 Å². The van der Waals surface area contributed by atoms with E-state index in [4.69, 9.17) is 0 Å². The average molecular weight is 466 g/mol. The van der Waals surface area contributed by atoms with Crippen molar-refractivity contribution < 1.29 is 14.7 Å². The molecule has 0 saturated heterocycles. The highest BCUT2D eigenvalue weighted by Gasteiger charge is 2.36. The van der Waals surface area contributed by atoms with Crippen LogP contribution in [0.5, 0.6) is 0 Å².